The number of hydrogen-bond donors (Lipinski definition) is 0. The summed E-state index contributed by atoms with van der Waals surface area (Å²) in [6, 6.07) is 31.2. The highest BCUT2D eigenvalue weighted by molar-refractivity contribution is 5.83. The summed E-state index contributed by atoms with van der Waals surface area (Å²) in [7, 11) is 0. The van der Waals surface area contributed by atoms with E-state index in [1.165, 1.54) is 16.5 Å². The molecule has 4 aromatic carbocycles. The first-order valence-corrected chi connectivity index (χ1v) is 13.1. The standard InChI is InChI=1S/C33H31NO3/c35-32(11-6-22-36-30-14-12-26-9-4-5-10-27(26)24-30)34-20-18-33(19-21-34)17-16-29-23-28(13-15-31(29)37-33)25-7-2-1-3-8-25/h1-5,7-10,12-17,23-24H,6,11,18-22H2. The summed E-state index contributed by atoms with van der Waals surface area (Å²) in [5.41, 5.74) is 3.18. The predicted octanol–water partition coefficient (Wildman–Crippen LogP) is 7.13. The van der Waals surface area contributed by atoms with Crippen molar-refractivity contribution in [1.29, 1.82) is 0 Å². The quantitative estimate of drug-likeness (QED) is 0.270. The van der Waals surface area contributed by atoms with Gasteiger partial charge in [-0.15, -0.1) is 0 Å². The van der Waals surface area contributed by atoms with E-state index in [0.29, 0.717) is 32.5 Å². The van der Waals surface area contributed by atoms with Gasteiger partial charge in [-0.3, -0.25) is 4.79 Å². The van der Waals surface area contributed by atoms with Gasteiger partial charge in [-0.2, -0.15) is 0 Å². The molecule has 0 aliphatic carbocycles. The van der Waals surface area contributed by atoms with Gasteiger partial charge < -0.3 is 14.4 Å². The minimum Gasteiger partial charge on any atom is -0.494 e. The highest BCUT2D eigenvalue weighted by Crippen LogP contribution is 2.39. The second-order valence-electron chi connectivity index (χ2n) is 9.96. The first kappa shape index (κ1) is 23.4. The molecule has 0 unspecified atom stereocenters. The molecule has 4 aromatic rings. The lowest BCUT2D eigenvalue weighted by atomic mass is 9.87. The molecule has 0 aromatic heterocycles. The summed E-state index contributed by atoms with van der Waals surface area (Å²) in [4.78, 5) is 14.8. The number of likely N-dealkylation sites (tertiary alicyclic amines) is 1. The van der Waals surface area contributed by atoms with Crippen LogP contribution in [0.25, 0.3) is 28.0 Å². The molecule has 0 bridgehead atoms. The van der Waals surface area contributed by atoms with Crippen LogP contribution in [-0.2, 0) is 4.79 Å². The monoisotopic (exact) mass is 489 g/mol. The lowest BCUT2D eigenvalue weighted by molar-refractivity contribution is -0.134. The van der Waals surface area contributed by atoms with Gasteiger partial charge in [0.15, 0.2) is 0 Å². The molecule has 0 atom stereocenters. The summed E-state index contributed by atoms with van der Waals surface area (Å²) < 4.78 is 12.4. The highest BCUT2D eigenvalue weighted by atomic mass is 16.5. The molecular formula is C33H31NO3. The Bertz CT molecular complexity index is 1430. The Morgan fingerprint density at radius 2 is 1.62 bits per heavy atom. The molecule has 2 aliphatic rings. The van der Waals surface area contributed by atoms with Crippen LogP contribution in [0.5, 0.6) is 11.5 Å². The third-order valence-corrected chi connectivity index (χ3v) is 7.48. The molecule has 1 spiro atoms. The van der Waals surface area contributed by atoms with Crippen LogP contribution in [0.3, 0.4) is 0 Å². The molecule has 2 heterocycles. The molecule has 0 saturated carbocycles. The van der Waals surface area contributed by atoms with Gasteiger partial charge in [-0.1, -0.05) is 72.8 Å². The van der Waals surface area contributed by atoms with Crippen molar-refractivity contribution < 1.29 is 14.3 Å². The number of carbonyl (C=O) groups excluding carboxylic acids is 1. The Labute approximate surface area is 218 Å². The summed E-state index contributed by atoms with van der Waals surface area (Å²) in [5.74, 6) is 1.97. The van der Waals surface area contributed by atoms with E-state index < -0.39 is 0 Å². The third kappa shape index (κ3) is 5.10. The lowest BCUT2D eigenvalue weighted by Gasteiger charge is -2.42. The van der Waals surface area contributed by atoms with Gasteiger partial charge >= 0.3 is 0 Å². The maximum Gasteiger partial charge on any atom is 0.222 e. The fraction of sp³-hybridized carbons (Fsp3) is 0.242. The van der Waals surface area contributed by atoms with Crippen LogP contribution in [0, 0.1) is 0 Å². The summed E-state index contributed by atoms with van der Waals surface area (Å²) >= 11 is 0. The molecular weight excluding hydrogens is 458 g/mol. The van der Waals surface area contributed by atoms with E-state index in [4.69, 9.17) is 9.47 Å². The van der Waals surface area contributed by atoms with Crippen LogP contribution in [-0.4, -0.2) is 36.1 Å². The van der Waals surface area contributed by atoms with Gasteiger partial charge in [0.05, 0.1) is 6.61 Å². The molecule has 6 rings (SSSR count). The van der Waals surface area contributed by atoms with Gasteiger partial charge in [-0.25, -0.2) is 0 Å². The van der Waals surface area contributed by atoms with Gasteiger partial charge in [0.1, 0.15) is 17.1 Å². The molecule has 37 heavy (non-hydrogen) atoms. The number of nitrogens with zero attached hydrogens (tertiary/aromatic N) is 1. The maximum atomic E-state index is 12.8. The summed E-state index contributed by atoms with van der Waals surface area (Å²) in [6.07, 6.45) is 7.21. The van der Waals surface area contributed by atoms with Gasteiger partial charge in [0.2, 0.25) is 5.91 Å². The van der Waals surface area contributed by atoms with Gasteiger partial charge in [-0.05, 0) is 58.7 Å². The normalized spacial score (nSPS) is 15.8. The zero-order valence-electron chi connectivity index (χ0n) is 20.9. The predicted molar refractivity (Wildman–Crippen MR) is 149 cm³/mol. The van der Waals surface area contributed by atoms with E-state index in [0.717, 1.165) is 35.3 Å². The van der Waals surface area contributed by atoms with Crippen LogP contribution in [0.4, 0.5) is 0 Å². The molecule has 1 amide bonds. The third-order valence-electron chi connectivity index (χ3n) is 7.48. The van der Waals surface area contributed by atoms with E-state index >= 15 is 0 Å². The van der Waals surface area contributed by atoms with E-state index in [9.17, 15) is 4.79 Å². The van der Waals surface area contributed by atoms with Gasteiger partial charge in [0.25, 0.3) is 0 Å². The van der Waals surface area contributed by atoms with E-state index in [1.807, 2.05) is 29.2 Å². The molecule has 4 nitrogen and oxygen atoms in total. The SMILES string of the molecule is O=C(CCCOc1ccc2ccccc2c1)N1CCC2(C=Cc3cc(-c4ccccc4)ccc3O2)CC1. The average Bonchev–Trinajstić information content (AvgIpc) is 2.96. The van der Waals surface area contributed by atoms with E-state index in [2.05, 4.69) is 78.9 Å². The highest BCUT2D eigenvalue weighted by Gasteiger charge is 2.37. The van der Waals surface area contributed by atoms with Crippen LogP contribution in [0.1, 0.15) is 31.2 Å². The van der Waals surface area contributed by atoms with Crippen LogP contribution < -0.4 is 9.47 Å². The minimum absolute atomic E-state index is 0.199. The Balaban J connectivity index is 0.991. The number of hydrogen-bond acceptors (Lipinski definition) is 3. The minimum atomic E-state index is -0.322. The van der Waals surface area contributed by atoms with Crippen molar-refractivity contribution in [1.82, 2.24) is 4.90 Å². The number of benzene rings is 4. The molecule has 0 radical (unpaired) electrons. The largest absolute Gasteiger partial charge is 0.494 e. The lowest BCUT2D eigenvalue weighted by Crippen LogP contribution is -2.49. The van der Waals surface area contributed by atoms with Crippen LogP contribution >= 0.6 is 0 Å². The van der Waals surface area contributed by atoms with E-state index in [-0.39, 0.29) is 11.5 Å². The smallest absolute Gasteiger partial charge is 0.222 e. The fourth-order valence-electron chi connectivity index (χ4n) is 5.31. The van der Waals surface area contributed by atoms with Crippen molar-refractivity contribution in [3.63, 3.8) is 0 Å². The number of piperidine rings is 1. The number of amides is 1. The Morgan fingerprint density at radius 1 is 0.838 bits per heavy atom. The first-order chi connectivity index (χ1) is 18.2. The van der Waals surface area contributed by atoms with Crippen molar-refractivity contribution in [2.24, 2.45) is 0 Å². The van der Waals surface area contributed by atoms with Gasteiger partial charge in [0, 0.05) is 37.9 Å². The number of carbonyl (C=O) groups is 1. The van der Waals surface area contributed by atoms with E-state index in [1.54, 1.807) is 0 Å². The first-order valence-electron chi connectivity index (χ1n) is 13.1. The topological polar surface area (TPSA) is 38.8 Å². The molecule has 4 heteroatoms. The zero-order valence-corrected chi connectivity index (χ0v) is 20.9. The second kappa shape index (κ2) is 10.1. The molecule has 1 fully saturated rings. The Kier molecular flexibility index (Phi) is 6.40. The van der Waals surface area contributed by atoms with Crippen LogP contribution in [0.15, 0.2) is 97.1 Å². The second-order valence-corrected chi connectivity index (χ2v) is 9.96. The van der Waals surface area contributed by atoms with Crippen molar-refractivity contribution >= 4 is 22.8 Å². The zero-order chi connectivity index (χ0) is 25.1. The summed E-state index contributed by atoms with van der Waals surface area (Å²) in [6.45, 7) is 1.97. The summed E-state index contributed by atoms with van der Waals surface area (Å²) in [5, 5.41) is 2.36. The molecule has 186 valence electrons. The van der Waals surface area contributed by atoms with Crippen molar-refractivity contribution in [2.45, 2.75) is 31.3 Å². The molecule has 2 aliphatic heterocycles. The van der Waals surface area contributed by atoms with Crippen molar-refractivity contribution in [3.05, 3.63) is 103 Å². The molecule has 1 saturated heterocycles. The Morgan fingerprint density at radius 3 is 2.46 bits per heavy atom. The maximum absolute atomic E-state index is 12.8. The van der Waals surface area contributed by atoms with Crippen molar-refractivity contribution in [3.8, 4) is 22.6 Å². The number of rotatable bonds is 6. The fourth-order valence-corrected chi connectivity index (χ4v) is 5.31. The van der Waals surface area contributed by atoms with Crippen LogP contribution in [0.2, 0.25) is 0 Å². The molecule has 0 N–H and O–H groups in total. The average molecular weight is 490 g/mol. The Hall–Kier alpha value is -4.05. The number of ether oxygens (including phenoxy) is 2. The van der Waals surface area contributed by atoms with Crippen molar-refractivity contribution in [2.75, 3.05) is 19.7 Å². The number of fused-ring (bicyclic) bond motifs is 2.